The fourth-order valence-electron chi connectivity index (χ4n) is 0.992. The van der Waals surface area contributed by atoms with Crippen LogP contribution in [0.1, 0.15) is 0 Å². The normalized spacial score (nSPS) is 10.7. The van der Waals surface area contributed by atoms with Gasteiger partial charge >= 0.3 is 13.2 Å². The molecule has 0 saturated heterocycles. The molecule has 0 saturated carbocycles. The third kappa shape index (κ3) is 3.46. The number of halogens is 4. The number of anilines is 1. The van der Waals surface area contributed by atoms with E-state index in [2.05, 4.69) is 14.9 Å². The molecule has 4 nitrogen and oxygen atoms in total. The first kappa shape index (κ1) is 12.4. The highest BCUT2D eigenvalue weighted by Crippen LogP contribution is 2.30. The van der Waals surface area contributed by atoms with Gasteiger partial charge in [-0.2, -0.15) is 17.6 Å². The summed E-state index contributed by atoms with van der Waals surface area (Å²) in [4.78, 5) is 0. The first-order chi connectivity index (χ1) is 7.52. The minimum absolute atomic E-state index is 0.0296. The van der Waals surface area contributed by atoms with E-state index in [1.165, 1.54) is 6.07 Å². The van der Waals surface area contributed by atoms with Crippen molar-refractivity contribution in [2.75, 3.05) is 5.43 Å². The Hall–Kier alpha value is -1.70. The number of benzene rings is 1. The minimum atomic E-state index is -3.09. The number of rotatable bonds is 5. The van der Waals surface area contributed by atoms with Crippen LogP contribution < -0.4 is 20.7 Å². The van der Waals surface area contributed by atoms with Gasteiger partial charge in [0.1, 0.15) is 5.75 Å². The molecule has 0 heterocycles. The summed E-state index contributed by atoms with van der Waals surface area (Å²) in [5.41, 5.74) is 2.11. The van der Waals surface area contributed by atoms with Crippen molar-refractivity contribution < 1.29 is 27.0 Å². The number of alkyl halides is 4. The van der Waals surface area contributed by atoms with Crippen LogP contribution in [0.4, 0.5) is 23.2 Å². The van der Waals surface area contributed by atoms with Gasteiger partial charge in [0, 0.05) is 6.07 Å². The molecule has 0 spiro atoms. The van der Waals surface area contributed by atoms with Crippen molar-refractivity contribution in [1.29, 1.82) is 0 Å². The molecule has 0 aromatic heterocycles. The minimum Gasteiger partial charge on any atom is -0.435 e. The number of hydrogen-bond donors (Lipinski definition) is 2. The molecule has 0 atom stereocenters. The van der Waals surface area contributed by atoms with E-state index in [4.69, 9.17) is 5.84 Å². The van der Waals surface area contributed by atoms with Crippen molar-refractivity contribution in [2.45, 2.75) is 13.2 Å². The van der Waals surface area contributed by atoms with E-state index in [9.17, 15) is 17.6 Å². The largest absolute Gasteiger partial charge is 0.435 e. The Balaban J connectivity index is 2.91. The molecule has 0 bridgehead atoms. The van der Waals surface area contributed by atoms with E-state index in [0.29, 0.717) is 0 Å². The van der Waals surface area contributed by atoms with Gasteiger partial charge in [0.15, 0.2) is 5.75 Å². The number of nitrogens with two attached hydrogens (primary N) is 1. The van der Waals surface area contributed by atoms with Gasteiger partial charge in [0.2, 0.25) is 0 Å². The Labute approximate surface area is 87.9 Å². The third-order valence-electron chi connectivity index (χ3n) is 1.55. The number of nitrogens with one attached hydrogen (secondary N) is 1. The summed E-state index contributed by atoms with van der Waals surface area (Å²) in [5.74, 6) is 4.33. The highest BCUT2D eigenvalue weighted by Gasteiger charge is 2.12. The van der Waals surface area contributed by atoms with Crippen molar-refractivity contribution in [1.82, 2.24) is 0 Å². The predicted molar refractivity (Wildman–Crippen MR) is 47.5 cm³/mol. The van der Waals surface area contributed by atoms with Gasteiger partial charge in [0.05, 0.1) is 5.69 Å². The molecule has 16 heavy (non-hydrogen) atoms. The second-order valence-corrected chi connectivity index (χ2v) is 2.56. The van der Waals surface area contributed by atoms with E-state index in [1.807, 2.05) is 0 Å². The molecule has 0 aliphatic carbocycles. The molecule has 0 aliphatic rings. The molecule has 0 radical (unpaired) electrons. The van der Waals surface area contributed by atoms with Crippen molar-refractivity contribution in [3.8, 4) is 11.5 Å². The van der Waals surface area contributed by atoms with Crippen molar-refractivity contribution in [3.63, 3.8) is 0 Å². The monoisotopic (exact) mass is 240 g/mol. The molecule has 0 amide bonds. The maximum atomic E-state index is 12.0. The molecular weight excluding hydrogens is 232 g/mol. The van der Waals surface area contributed by atoms with Crippen LogP contribution in [0.3, 0.4) is 0 Å². The topological polar surface area (TPSA) is 56.5 Å². The summed E-state index contributed by atoms with van der Waals surface area (Å²) in [5, 5.41) is 0. The van der Waals surface area contributed by atoms with E-state index in [0.717, 1.165) is 12.1 Å². The number of ether oxygens (including phenoxy) is 2. The Morgan fingerprint density at radius 3 is 2.19 bits per heavy atom. The summed E-state index contributed by atoms with van der Waals surface area (Å²) < 4.78 is 55.7. The van der Waals surface area contributed by atoms with Gasteiger partial charge in [-0.3, -0.25) is 5.84 Å². The van der Waals surface area contributed by atoms with Crippen LogP contribution in [0, 0.1) is 0 Å². The van der Waals surface area contributed by atoms with Crippen LogP contribution in [0.25, 0.3) is 0 Å². The smallest absolute Gasteiger partial charge is 0.387 e. The van der Waals surface area contributed by atoms with Gasteiger partial charge < -0.3 is 14.9 Å². The van der Waals surface area contributed by atoms with E-state index < -0.39 is 13.2 Å². The lowest BCUT2D eigenvalue weighted by Crippen LogP contribution is -2.11. The zero-order valence-corrected chi connectivity index (χ0v) is 7.79. The Morgan fingerprint density at radius 2 is 1.69 bits per heavy atom. The Bertz CT molecular complexity index is 349. The van der Waals surface area contributed by atoms with Crippen molar-refractivity contribution in [3.05, 3.63) is 18.2 Å². The quantitative estimate of drug-likeness (QED) is 0.470. The Morgan fingerprint density at radius 1 is 1.06 bits per heavy atom. The molecule has 1 aromatic rings. The van der Waals surface area contributed by atoms with E-state index >= 15 is 0 Å². The summed E-state index contributed by atoms with van der Waals surface area (Å²) >= 11 is 0. The van der Waals surface area contributed by atoms with Gasteiger partial charge in [-0.15, -0.1) is 0 Å². The molecule has 1 rings (SSSR count). The van der Waals surface area contributed by atoms with Crippen LogP contribution in [-0.4, -0.2) is 13.2 Å². The SMILES string of the molecule is NNc1ccc(OC(F)F)cc1OC(F)F. The second-order valence-electron chi connectivity index (χ2n) is 2.56. The molecule has 90 valence electrons. The summed E-state index contributed by atoms with van der Waals surface area (Å²) in [6.07, 6.45) is 0. The maximum Gasteiger partial charge on any atom is 0.387 e. The van der Waals surface area contributed by atoms with Gasteiger partial charge in [-0.05, 0) is 12.1 Å². The zero-order valence-electron chi connectivity index (χ0n) is 7.79. The number of nitrogen functional groups attached to an aromatic ring is 1. The van der Waals surface area contributed by atoms with Crippen LogP contribution in [-0.2, 0) is 0 Å². The standard InChI is InChI=1S/C8H8F4N2O2/c9-7(10)15-4-1-2-5(14-13)6(3-4)16-8(11)12/h1-3,7-8,14H,13H2. The predicted octanol–water partition coefficient (Wildman–Crippen LogP) is 2.17. The molecule has 1 aromatic carbocycles. The highest BCUT2D eigenvalue weighted by molar-refractivity contribution is 5.58. The lowest BCUT2D eigenvalue weighted by atomic mass is 10.3. The maximum absolute atomic E-state index is 12.0. The lowest BCUT2D eigenvalue weighted by Gasteiger charge is -2.12. The summed E-state index contributed by atoms with van der Waals surface area (Å²) in [6, 6.07) is 3.20. The van der Waals surface area contributed by atoms with Crippen LogP contribution in [0.5, 0.6) is 11.5 Å². The van der Waals surface area contributed by atoms with Crippen molar-refractivity contribution >= 4 is 5.69 Å². The number of hydrazine groups is 1. The molecule has 0 fully saturated rings. The molecule has 8 heteroatoms. The molecular formula is C8H8F4N2O2. The molecule has 0 unspecified atom stereocenters. The average Bonchev–Trinajstić information content (AvgIpc) is 2.16. The summed E-state index contributed by atoms with van der Waals surface area (Å²) in [6.45, 7) is -6.13. The Kier molecular flexibility index (Phi) is 4.18. The fourth-order valence-corrected chi connectivity index (χ4v) is 0.992. The average molecular weight is 240 g/mol. The zero-order chi connectivity index (χ0) is 12.1. The first-order valence-corrected chi connectivity index (χ1v) is 4.03. The van der Waals surface area contributed by atoms with E-state index in [1.54, 1.807) is 0 Å². The van der Waals surface area contributed by atoms with Crippen LogP contribution in [0.2, 0.25) is 0 Å². The van der Waals surface area contributed by atoms with Gasteiger partial charge in [-0.1, -0.05) is 0 Å². The van der Waals surface area contributed by atoms with Crippen molar-refractivity contribution in [2.24, 2.45) is 5.84 Å². The molecule has 0 aliphatic heterocycles. The highest BCUT2D eigenvalue weighted by atomic mass is 19.3. The first-order valence-electron chi connectivity index (χ1n) is 4.03. The van der Waals surface area contributed by atoms with Gasteiger partial charge in [0.25, 0.3) is 0 Å². The van der Waals surface area contributed by atoms with Gasteiger partial charge in [-0.25, -0.2) is 0 Å². The molecule has 3 N–H and O–H groups in total. The van der Waals surface area contributed by atoms with E-state index in [-0.39, 0.29) is 17.2 Å². The second kappa shape index (κ2) is 5.40. The summed E-state index contributed by atoms with van der Waals surface area (Å²) in [7, 11) is 0. The van der Waals surface area contributed by atoms with Crippen LogP contribution >= 0.6 is 0 Å². The fraction of sp³-hybridized carbons (Fsp3) is 0.250. The number of hydrogen-bond acceptors (Lipinski definition) is 4. The van der Waals surface area contributed by atoms with Crippen LogP contribution in [0.15, 0.2) is 18.2 Å². The third-order valence-corrected chi connectivity index (χ3v) is 1.55. The lowest BCUT2D eigenvalue weighted by molar-refractivity contribution is -0.0539.